The van der Waals surface area contributed by atoms with Gasteiger partial charge in [-0.3, -0.25) is 9.88 Å². The zero-order valence-corrected chi connectivity index (χ0v) is 11.4. The zero-order chi connectivity index (χ0) is 13.1. The van der Waals surface area contributed by atoms with Gasteiger partial charge >= 0.3 is 0 Å². The molecule has 0 aliphatic carbocycles. The van der Waals surface area contributed by atoms with Crippen molar-refractivity contribution in [3.8, 4) is 0 Å². The predicted molar refractivity (Wildman–Crippen MR) is 72.2 cm³/mol. The molecule has 4 nitrogen and oxygen atoms in total. The van der Waals surface area contributed by atoms with Crippen molar-refractivity contribution in [3.05, 3.63) is 30.1 Å². The molecule has 0 bridgehead atoms. The number of rotatable bonds is 3. The summed E-state index contributed by atoms with van der Waals surface area (Å²) in [6, 6.07) is 6.60. The van der Waals surface area contributed by atoms with Crippen LogP contribution in [0.25, 0.3) is 0 Å². The molecule has 2 rings (SSSR count). The first-order valence-corrected chi connectivity index (χ1v) is 6.63. The Morgan fingerprint density at radius 2 is 2.22 bits per heavy atom. The second-order valence-corrected chi connectivity index (χ2v) is 5.25. The Morgan fingerprint density at radius 3 is 2.83 bits per heavy atom. The highest BCUT2D eigenvalue weighted by atomic mass is 16.5. The summed E-state index contributed by atoms with van der Waals surface area (Å²) in [5.41, 5.74) is 7.23. The first-order valence-electron chi connectivity index (χ1n) is 6.63. The molecule has 0 radical (unpaired) electrons. The Bertz CT molecular complexity index is 369. The number of nitrogens with zero attached hydrogens (tertiary/aromatic N) is 2. The molecule has 4 heteroatoms. The fourth-order valence-electron chi connectivity index (χ4n) is 2.61. The maximum Gasteiger partial charge on any atom is 0.0675 e. The summed E-state index contributed by atoms with van der Waals surface area (Å²) in [4.78, 5) is 6.89. The molecule has 1 aromatic rings. The number of hydrogen-bond donors (Lipinski definition) is 1. The fourth-order valence-corrected chi connectivity index (χ4v) is 2.61. The van der Waals surface area contributed by atoms with Crippen LogP contribution in [0.2, 0.25) is 0 Å². The zero-order valence-electron chi connectivity index (χ0n) is 11.4. The Labute approximate surface area is 109 Å². The maximum absolute atomic E-state index is 6.18. The predicted octanol–water partition coefficient (Wildman–Crippen LogP) is 1.58. The van der Waals surface area contributed by atoms with Gasteiger partial charge in [0, 0.05) is 24.8 Å². The maximum atomic E-state index is 6.18. The van der Waals surface area contributed by atoms with Gasteiger partial charge in [0.25, 0.3) is 0 Å². The van der Waals surface area contributed by atoms with Gasteiger partial charge in [0.05, 0.1) is 24.4 Å². The van der Waals surface area contributed by atoms with E-state index in [0.717, 1.165) is 18.8 Å². The Morgan fingerprint density at radius 1 is 1.44 bits per heavy atom. The minimum atomic E-state index is 0.0487. The molecule has 1 saturated heterocycles. The van der Waals surface area contributed by atoms with E-state index in [0.29, 0.717) is 6.04 Å². The van der Waals surface area contributed by atoms with Crippen LogP contribution in [0.4, 0.5) is 0 Å². The Balaban J connectivity index is 2.24. The van der Waals surface area contributed by atoms with E-state index in [1.54, 1.807) is 0 Å². The fraction of sp³-hybridized carbons (Fsp3) is 0.643. The quantitative estimate of drug-likeness (QED) is 0.883. The van der Waals surface area contributed by atoms with Crippen molar-refractivity contribution in [2.75, 3.05) is 13.2 Å². The number of hydrogen-bond acceptors (Lipinski definition) is 4. The van der Waals surface area contributed by atoms with E-state index in [4.69, 9.17) is 10.5 Å². The number of ether oxygens (including phenoxy) is 1. The lowest BCUT2D eigenvalue weighted by molar-refractivity contribution is -0.0703. The molecule has 100 valence electrons. The second-order valence-electron chi connectivity index (χ2n) is 5.25. The van der Waals surface area contributed by atoms with Crippen LogP contribution in [0.1, 0.15) is 32.5 Å². The van der Waals surface area contributed by atoms with Crippen LogP contribution in [0.15, 0.2) is 24.4 Å². The normalized spacial score (nSPS) is 28.9. The van der Waals surface area contributed by atoms with Crippen LogP contribution in [0, 0.1) is 0 Å². The smallest absolute Gasteiger partial charge is 0.0675 e. The van der Waals surface area contributed by atoms with Crippen LogP contribution < -0.4 is 5.73 Å². The van der Waals surface area contributed by atoms with Gasteiger partial charge in [-0.05, 0) is 32.9 Å². The molecule has 1 aromatic heterocycles. The standard InChI is InChI=1S/C14H23N3O/c1-10-9-18-11(2)8-17(10)14(12(3)15)13-6-4-5-7-16-13/h4-7,10-12,14H,8-9,15H2,1-3H3. The van der Waals surface area contributed by atoms with Gasteiger partial charge in [-0.25, -0.2) is 0 Å². The molecule has 2 heterocycles. The number of nitrogens with two attached hydrogens (primary N) is 1. The molecule has 1 aliphatic heterocycles. The van der Waals surface area contributed by atoms with Crippen molar-refractivity contribution in [1.29, 1.82) is 0 Å². The summed E-state index contributed by atoms with van der Waals surface area (Å²) in [5.74, 6) is 0. The van der Waals surface area contributed by atoms with Crippen LogP contribution in [0.5, 0.6) is 0 Å². The van der Waals surface area contributed by atoms with Crippen molar-refractivity contribution in [2.24, 2.45) is 5.73 Å². The van der Waals surface area contributed by atoms with E-state index in [2.05, 4.69) is 29.8 Å². The summed E-state index contributed by atoms with van der Waals surface area (Å²) in [6.07, 6.45) is 2.09. The third-order valence-corrected chi connectivity index (χ3v) is 3.50. The molecule has 18 heavy (non-hydrogen) atoms. The van der Waals surface area contributed by atoms with E-state index in [1.165, 1.54) is 0 Å². The Hall–Kier alpha value is -0.970. The molecule has 1 fully saturated rings. The summed E-state index contributed by atoms with van der Waals surface area (Å²) >= 11 is 0. The Kier molecular flexibility index (Phi) is 4.32. The van der Waals surface area contributed by atoms with Crippen molar-refractivity contribution in [1.82, 2.24) is 9.88 Å². The van der Waals surface area contributed by atoms with Crippen LogP contribution in [0.3, 0.4) is 0 Å². The third kappa shape index (κ3) is 2.88. The van der Waals surface area contributed by atoms with E-state index in [-0.39, 0.29) is 18.2 Å². The molecule has 0 saturated carbocycles. The molecule has 2 N–H and O–H groups in total. The first-order chi connectivity index (χ1) is 8.59. The molecule has 1 aliphatic rings. The molecular weight excluding hydrogens is 226 g/mol. The van der Waals surface area contributed by atoms with Crippen LogP contribution in [-0.4, -0.2) is 41.2 Å². The van der Waals surface area contributed by atoms with Crippen molar-refractivity contribution >= 4 is 0 Å². The largest absolute Gasteiger partial charge is 0.376 e. The van der Waals surface area contributed by atoms with E-state index in [9.17, 15) is 0 Å². The average molecular weight is 249 g/mol. The van der Waals surface area contributed by atoms with Crippen molar-refractivity contribution in [2.45, 2.75) is 45.0 Å². The number of aromatic nitrogens is 1. The molecule has 0 amide bonds. The second kappa shape index (κ2) is 5.78. The van der Waals surface area contributed by atoms with Crippen molar-refractivity contribution < 1.29 is 4.74 Å². The van der Waals surface area contributed by atoms with Gasteiger partial charge in [-0.2, -0.15) is 0 Å². The highest BCUT2D eigenvalue weighted by Crippen LogP contribution is 2.27. The van der Waals surface area contributed by atoms with Gasteiger partial charge in [0.15, 0.2) is 0 Å². The van der Waals surface area contributed by atoms with E-state index >= 15 is 0 Å². The summed E-state index contributed by atoms with van der Waals surface area (Å²) < 4.78 is 5.68. The molecular formula is C14H23N3O. The van der Waals surface area contributed by atoms with Gasteiger partial charge in [-0.15, -0.1) is 0 Å². The van der Waals surface area contributed by atoms with E-state index in [1.807, 2.05) is 25.3 Å². The highest BCUT2D eigenvalue weighted by Gasteiger charge is 2.33. The molecule has 4 unspecified atom stereocenters. The summed E-state index contributed by atoms with van der Waals surface area (Å²) in [6.45, 7) is 8.01. The van der Waals surface area contributed by atoms with Gasteiger partial charge in [0.2, 0.25) is 0 Å². The minimum Gasteiger partial charge on any atom is -0.376 e. The lowest BCUT2D eigenvalue weighted by Crippen LogP contribution is -2.52. The van der Waals surface area contributed by atoms with Gasteiger partial charge in [-0.1, -0.05) is 6.07 Å². The number of morpholine rings is 1. The minimum absolute atomic E-state index is 0.0487. The van der Waals surface area contributed by atoms with Crippen LogP contribution in [-0.2, 0) is 4.74 Å². The molecule has 0 aromatic carbocycles. The first kappa shape index (κ1) is 13.5. The van der Waals surface area contributed by atoms with Crippen molar-refractivity contribution in [3.63, 3.8) is 0 Å². The monoisotopic (exact) mass is 249 g/mol. The topological polar surface area (TPSA) is 51.4 Å². The summed E-state index contributed by atoms with van der Waals surface area (Å²) in [5, 5.41) is 0. The van der Waals surface area contributed by atoms with E-state index < -0.39 is 0 Å². The summed E-state index contributed by atoms with van der Waals surface area (Å²) in [7, 11) is 0. The van der Waals surface area contributed by atoms with Crippen LogP contribution >= 0.6 is 0 Å². The third-order valence-electron chi connectivity index (χ3n) is 3.50. The van der Waals surface area contributed by atoms with Gasteiger partial charge in [0.1, 0.15) is 0 Å². The molecule has 0 spiro atoms. The number of pyridine rings is 1. The SMILES string of the molecule is CC1CN(C(c2ccccn2)C(C)N)C(C)CO1. The lowest BCUT2D eigenvalue weighted by atomic mass is 10.0. The van der Waals surface area contributed by atoms with Gasteiger partial charge < -0.3 is 10.5 Å². The average Bonchev–Trinajstić information content (AvgIpc) is 2.35. The molecule has 4 atom stereocenters. The highest BCUT2D eigenvalue weighted by molar-refractivity contribution is 5.12. The lowest BCUT2D eigenvalue weighted by Gasteiger charge is -2.43.